The minimum atomic E-state index is -0.415. The molecule has 0 aliphatic heterocycles. The minimum Gasteiger partial charge on any atom is -0.395 e. The van der Waals surface area contributed by atoms with Crippen LogP contribution in [-0.2, 0) is 0 Å². The Labute approximate surface area is 111 Å². The van der Waals surface area contributed by atoms with Crippen LogP contribution in [0.3, 0.4) is 0 Å². The van der Waals surface area contributed by atoms with Crippen LogP contribution >= 0.6 is 0 Å². The summed E-state index contributed by atoms with van der Waals surface area (Å²) in [5.74, 6) is 5.03. The summed E-state index contributed by atoms with van der Waals surface area (Å²) >= 11 is 0. The fraction of sp³-hybridized carbons (Fsp3) is 0.357. The van der Waals surface area contributed by atoms with Crippen LogP contribution in [0.25, 0.3) is 0 Å². The van der Waals surface area contributed by atoms with Gasteiger partial charge in [0.15, 0.2) is 0 Å². The molecule has 0 heterocycles. The van der Waals surface area contributed by atoms with Crippen molar-refractivity contribution < 1.29 is 14.3 Å². The normalized spacial score (nSPS) is 13.4. The van der Waals surface area contributed by atoms with Gasteiger partial charge >= 0.3 is 6.03 Å². The van der Waals surface area contributed by atoms with Gasteiger partial charge in [-0.15, -0.1) is 0 Å². The molecule has 5 heteroatoms. The number of aliphatic hydroxyl groups is 1. The predicted octanol–water partition coefficient (Wildman–Crippen LogP) is 1.84. The number of hydrogen-bond donors (Lipinski definition) is 3. The number of benzene rings is 1. The molecule has 0 bridgehead atoms. The van der Waals surface area contributed by atoms with Crippen molar-refractivity contribution in [2.24, 2.45) is 0 Å². The van der Waals surface area contributed by atoms with Gasteiger partial charge in [-0.3, -0.25) is 0 Å². The molecule has 100 valence electrons. The maximum Gasteiger partial charge on any atom is 0.319 e. The van der Waals surface area contributed by atoms with E-state index < -0.39 is 5.82 Å². The lowest BCUT2D eigenvalue weighted by Crippen LogP contribution is -2.30. The predicted molar refractivity (Wildman–Crippen MR) is 70.2 cm³/mol. The van der Waals surface area contributed by atoms with Crippen molar-refractivity contribution in [3.05, 3.63) is 29.6 Å². The molecule has 1 aromatic carbocycles. The second-order valence-electron chi connectivity index (χ2n) is 4.34. The summed E-state index contributed by atoms with van der Waals surface area (Å²) in [5.41, 5.74) is 0.865. The Balaban J connectivity index is 2.09. The molecule has 1 fully saturated rings. The lowest BCUT2D eigenvalue weighted by Gasteiger charge is -2.08. The van der Waals surface area contributed by atoms with Crippen LogP contribution in [-0.4, -0.2) is 23.8 Å². The fourth-order valence-corrected chi connectivity index (χ4v) is 1.51. The molecule has 1 saturated carbocycles. The smallest absolute Gasteiger partial charge is 0.319 e. The highest BCUT2D eigenvalue weighted by molar-refractivity contribution is 5.91. The van der Waals surface area contributed by atoms with Crippen molar-refractivity contribution >= 4 is 11.7 Å². The second-order valence-corrected chi connectivity index (χ2v) is 4.34. The zero-order valence-corrected chi connectivity index (χ0v) is 10.4. The molecule has 2 rings (SSSR count). The van der Waals surface area contributed by atoms with Crippen LogP contribution in [0, 0.1) is 17.7 Å². The van der Waals surface area contributed by atoms with E-state index in [0.717, 1.165) is 12.8 Å². The Kier molecular flexibility index (Phi) is 4.37. The molecule has 3 N–H and O–H groups in total. The van der Waals surface area contributed by atoms with E-state index in [9.17, 15) is 9.18 Å². The number of urea groups is 1. The number of halogens is 1. The molecule has 19 heavy (non-hydrogen) atoms. The van der Waals surface area contributed by atoms with Crippen molar-refractivity contribution in [2.45, 2.75) is 25.3 Å². The van der Waals surface area contributed by atoms with Crippen LogP contribution in [0.2, 0.25) is 0 Å². The van der Waals surface area contributed by atoms with Crippen molar-refractivity contribution in [1.82, 2.24) is 5.32 Å². The summed E-state index contributed by atoms with van der Waals surface area (Å²) in [7, 11) is 0. The van der Waals surface area contributed by atoms with E-state index in [0.29, 0.717) is 17.7 Å². The Morgan fingerprint density at radius 1 is 1.47 bits per heavy atom. The van der Waals surface area contributed by atoms with E-state index in [1.165, 1.54) is 18.2 Å². The van der Waals surface area contributed by atoms with Crippen LogP contribution in [0.5, 0.6) is 0 Å². The van der Waals surface area contributed by atoms with Crippen molar-refractivity contribution in [2.75, 3.05) is 11.9 Å². The largest absolute Gasteiger partial charge is 0.395 e. The number of carbonyl (C=O) groups is 1. The van der Waals surface area contributed by atoms with E-state index in [4.69, 9.17) is 5.11 Å². The van der Waals surface area contributed by atoms with Crippen LogP contribution in [0.15, 0.2) is 18.2 Å². The Hall–Kier alpha value is -2.06. The van der Waals surface area contributed by atoms with Crippen molar-refractivity contribution in [1.29, 1.82) is 0 Å². The quantitative estimate of drug-likeness (QED) is 0.728. The van der Waals surface area contributed by atoms with Gasteiger partial charge in [0.1, 0.15) is 5.82 Å². The molecule has 0 atom stereocenters. The summed E-state index contributed by atoms with van der Waals surface area (Å²) in [6.07, 6.45) is 2.31. The molecule has 1 aliphatic carbocycles. The maximum atomic E-state index is 13.2. The third-order valence-electron chi connectivity index (χ3n) is 2.60. The molecule has 4 nitrogen and oxygen atoms in total. The molecule has 1 aromatic rings. The molecular formula is C14H15FN2O2. The van der Waals surface area contributed by atoms with E-state index >= 15 is 0 Å². The summed E-state index contributed by atoms with van der Waals surface area (Å²) < 4.78 is 13.2. The first-order valence-corrected chi connectivity index (χ1v) is 6.16. The van der Waals surface area contributed by atoms with E-state index in [2.05, 4.69) is 22.5 Å². The third-order valence-corrected chi connectivity index (χ3v) is 2.60. The fourth-order valence-electron chi connectivity index (χ4n) is 1.51. The number of amides is 2. The number of anilines is 1. The monoisotopic (exact) mass is 262 g/mol. The third kappa shape index (κ3) is 4.27. The standard InChI is InChI=1S/C14H15FN2O2/c15-11-4-7-13(10(9-11)3-1-2-8-18)17-14(19)16-12-5-6-12/h4,7,9,12,18H,2,5-6,8H2,(H2,16,17,19). The van der Waals surface area contributed by atoms with Crippen LogP contribution in [0.1, 0.15) is 24.8 Å². The second kappa shape index (κ2) is 6.21. The zero-order valence-electron chi connectivity index (χ0n) is 10.4. The first-order valence-electron chi connectivity index (χ1n) is 6.16. The molecule has 2 amide bonds. The number of nitrogens with one attached hydrogen (secondary N) is 2. The Morgan fingerprint density at radius 3 is 2.95 bits per heavy atom. The molecule has 0 unspecified atom stereocenters. The Morgan fingerprint density at radius 2 is 2.26 bits per heavy atom. The molecule has 0 aromatic heterocycles. The summed E-state index contributed by atoms with van der Waals surface area (Å²) in [6.45, 7) is -0.0484. The number of aliphatic hydroxyl groups excluding tert-OH is 1. The minimum absolute atomic E-state index is 0.0484. The molecule has 0 radical (unpaired) electrons. The van der Waals surface area contributed by atoms with Crippen molar-refractivity contribution in [3.8, 4) is 11.8 Å². The highest BCUT2D eigenvalue weighted by Crippen LogP contribution is 2.20. The van der Waals surface area contributed by atoms with Crippen LogP contribution in [0.4, 0.5) is 14.9 Å². The van der Waals surface area contributed by atoms with Gasteiger partial charge in [0, 0.05) is 12.5 Å². The molecular weight excluding hydrogens is 247 g/mol. The zero-order chi connectivity index (χ0) is 13.7. The average molecular weight is 262 g/mol. The number of carbonyl (C=O) groups excluding carboxylic acids is 1. The van der Waals surface area contributed by atoms with Gasteiger partial charge < -0.3 is 15.7 Å². The SMILES string of the molecule is O=C(Nc1ccc(F)cc1C#CCCO)NC1CC1. The highest BCUT2D eigenvalue weighted by atomic mass is 19.1. The first-order chi connectivity index (χ1) is 9.19. The summed E-state index contributed by atoms with van der Waals surface area (Å²) in [4.78, 5) is 11.6. The van der Waals surface area contributed by atoms with Gasteiger partial charge in [-0.05, 0) is 31.0 Å². The number of rotatable bonds is 3. The lowest BCUT2D eigenvalue weighted by molar-refractivity contribution is 0.251. The summed E-state index contributed by atoms with van der Waals surface area (Å²) in [5, 5.41) is 14.1. The van der Waals surface area contributed by atoms with Crippen molar-refractivity contribution in [3.63, 3.8) is 0 Å². The van der Waals surface area contributed by atoms with Crippen LogP contribution < -0.4 is 10.6 Å². The molecule has 0 saturated heterocycles. The molecule has 1 aliphatic rings. The van der Waals surface area contributed by atoms with Gasteiger partial charge in [-0.25, -0.2) is 9.18 Å². The highest BCUT2D eigenvalue weighted by Gasteiger charge is 2.23. The first kappa shape index (κ1) is 13.4. The van der Waals surface area contributed by atoms with Gasteiger partial charge in [-0.2, -0.15) is 0 Å². The topological polar surface area (TPSA) is 61.4 Å². The summed E-state index contributed by atoms with van der Waals surface area (Å²) in [6, 6.07) is 3.95. The number of hydrogen-bond acceptors (Lipinski definition) is 2. The van der Waals surface area contributed by atoms with Gasteiger partial charge in [-0.1, -0.05) is 11.8 Å². The van der Waals surface area contributed by atoms with Gasteiger partial charge in [0.2, 0.25) is 0 Å². The average Bonchev–Trinajstić information content (AvgIpc) is 3.16. The van der Waals surface area contributed by atoms with E-state index in [-0.39, 0.29) is 18.7 Å². The Bertz CT molecular complexity index is 530. The van der Waals surface area contributed by atoms with E-state index in [1.807, 2.05) is 0 Å². The lowest BCUT2D eigenvalue weighted by atomic mass is 10.1. The van der Waals surface area contributed by atoms with Gasteiger partial charge in [0.05, 0.1) is 17.9 Å². The van der Waals surface area contributed by atoms with E-state index in [1.54, 1.807) is 0 Å². The van der Waals surface area contributed by atoms with Gasteiger partial charge in [0.25, 0.3) is 0 Å². The maximum absolute atomic E-state index is 13.2. The molecule has 0 spiro atoms.